The van der Waals surface area contributed by atoms with Crippen LogP contribution in [0.5, 0.6) is 0 Å². The van der Waals surface area contributed by atoms with Gasteiger partial charge in [-0.15, -0.1) is 0 Å². The van der Waals surface area contributed by atoms with Crippen molar-refractivity contribution in [2.24, 2.45) is 40.9 Å². The van der Waals surface area contributed by atoms with Crippen molar-refractivity contribution in [1.82, 2.24) is 4.98 Å². The number of carbonyl (C=O) groups is 1. The third kappa shape index (κ3) is 3.21. The average Bonchev–Trinajstić information content (AvgIpc) is 3.34. The number of Topliss-reactive ketones (excluding diaryl/α,β-unsaturated/α-hetero) is 1. The summed E-state index contributed by atoms with van der Waals surface area (Å²) in [4.78, 5) is 17.3. The smallest absolute Gasteiger partial charge is 0.201 e. The molecule has 4 heteroatoms. The van der Waals surface area contributed by atoms with Crippen LogP contribution in [0.3, 0.4) is 0 Å². The Morgan fingerprint density at radius 2 is 1.97 bits per heavy atom. The fourth-order valence-electron chi connectivity index (χ4n) is 8.43. The third-order valence-electron chi connectivity index (χ3n) is 9.96. The molecule has 0 aromatic carbocycles. The second-order valence-corrected chi connectivity index (χ2v) is 11.0. The summed E-state index contributed by atoms with van der Waals surface area (Å²) in [6.45, 7) is 4.56. The average molecular weight is 400 g/mol. The van der Waals surface area contributed by atoms with Gasteiger partial charge in [-0.3, -0.25) is 4.79 Å². The zero-order valence-corrected chi connectivity index (χ0v) is 18.1. The molecule has 4 aliphatic rings. The van der Waals surface area contributed by atoms with E-state index in [9.17, 15) is 9.90 Å². The molecule has 0 unspecified atom stereocenters. The van der Waals surface area contributed by atoms with Gasteiger partial charge in [0.25, 0.3) is 0 Å². The van der Waals surface area contributed by atoms with Crippen molar-refractivity contribution in [3.63, 3.8) is 0 Å². The van der Waals surface area contributed by atoms with E-state index in [-0.39, 0.29) is 11.3 Å². The van der Waals surface area contributed by atoms with Crippen LogP contribution in [0.2, 0.25) is 0 Å². The first-order valence-electron chi connectivity index (χ1n) is 12.1. The lowest BCUT2D eigenvalue weighted by Crippen LogP contribution is -2.51. The summed E-state index contributed by atoms with van der Waals surface area (Å²) in [7, 11) is 0. The van der Waals surface area contributed by atoms with Crippen LogP contribution in [-0.2, 0) is 11.2 Å². The molecule has 0 radical (unpaired) electrons. The van der Waals surface area contributed by atoms with Crippen LogP contribution in [-0.4, -0.2) is 21.5 Å². The maximum Gasteiger partial charge on any atom is 0.201 e. The predicted octanol–water partition coefficient (Wildman–Crippen LogP) is 5.20. The molecule has 1 aromatic rings. The van der Waals surface area contributed by atoms with Crippen LogP contribution in [0, 0.1) is 40.9 Å². The largest absolute Gasteiger partial charge is 0.449 e. The number of aliphatic hydroxyl groups is 1. The minimum absolute atomic E-state index is 0.163. The number of hydrogen-bond acceptors (Lipinski definition) is 4. The number of fused-ring (bicyclic) bond motifs is 5. The second-order valence-electron chi connectivity index (χ2n) is 11.0. The van der Waals surface area contributed by atoms with Crippen molar-refractivity contribution < 1.29 is 14.3 Å². The molecule has 1 aromatic heterocycles. The molecule has 29 heavy (non-hydrogen) atoms. The van der Waals surface area contributed by atoms with E-state index in [1.165, 1.54) is 38.5 Å². The SMILES string of the molecule is CC[C@@]1(O)CC[C@H]2[C@H](CC[C@@H]3[C@@H]2CC[C@]2(C)[C@@H](C(=O)Cc4ncco4)CC[C@@H]32)C1. The van der Waals surface area contributed by atoms with Crippen molar-refractivity contribution in [2.45, 2.75) is 90.1 Å². The second kappa shape index (κ2) is 7.21. The molecule has 8 atom stereocenters. The fraction of sp³-hybridized carbons (Fsp3) is 0.840. The zero-order chi connectivity index (χ0) is 20.2. The van der Waals surface area contributed by atoms with E-state index in [2.05, 4.69) is 18.8 Å². The van der Waals surface area contributed by atoms with Crippen molar-refractivity contribution in [1.29, 1.82) is 0 Å². The molecule has 0 aliphatic heterocycles. The molecule has 4 nitrogen and oxygen atoms in total. The van der Waals surface area contributed by atoms with Crippen molar-refractivity contribution in [2.75, 3.05) is 0 Å². The predicted molar refractivity (Wildman–Crippen MR) is 111 cm³/mol. The van der Waals surface area contributed by atoms with Crippen LogP contribution < -0.4 is 0 Å². The Morgan fingerprint density at radius 3 is 2.72 bits per heavy atom. The lowest BCUT2D eigenvalue weighted by atomic mass is 9.48. The quantitative estimate of drug-likeness (QED) is 0.756. The summed E-state index contributed by atoms with van der Waals surface area (Å²) >= 11 is 0. The summed E-state index contributed by atoms with van der Waals surface area (Å²) in [6, 6.07) is 0. The Kier molecular flexibility index (Phi) is 4.92. The first-order chi connectivity index (χ1) is 13.9. The Bertz CT molecular complexity index is 745. The van der Waals surface area contributed by atoms with Gasteiger partial charge in [-0.25, -0.2) is 4.98 Å². The van der Waals surface area contributed by atoms with E-state index < -0.39 is 5.60 Å². The lowest BCUT2D eigenvalue weighted by molar-refractivity contribution is -0.132. The van der Waals surface area contributed by atoms with Crippen LogP contribution in [0.1, 0.15) is 83.9 Å². The van der Waals surface area contributed by atoms with Gasteiger partial charge in [0.1, 0.15) is 12.0 Å². The highest BCUT2D eigenvalue weighted by atomic mass is 16.3. The van der Waals surface area contributed by atoms with Crippen LogP contribution in [0.25, 0.3) is 0 Å². The van der Waals surface area contributed by atoms with E-state index in [0.717, 1.165) is 49.4 Å². The molecule has 160 valence electrons. The number of aromatic nitrogens is 1. The monoisotopic (exact) mass is 399 g/mol. The highest BCUT2D eigenvalue weighted by molar-refractivity contribution is 5.83. The van der Waals surface area contributed by atoms with E-state index in [0.29, 0.717) is 24.0 Å². The summed E-state index contributed by atoms with van der Waals surface area (Å²) in [6.07, 6.45) is 15.0. The van der Waals surface area contributed by atoms with E-state index in [1.807, 2.05) is 0 Å². The Balaban J connectivity index is 1.31. The number of rotatable bonds is 4. The normalized spacial score (nSPS) is 46.6. The topological polar surface area (TPSA) is 63.3 Å². The highest BCUT2D eigenvalue weighted by Crippen LogP contribution is 2.64. The Morgan fingerprint density at radius 1 is 1.14 bits per heavy atom. The summed E-state index contributed by atoms with van der Waals surface area (Å²) in [5.74, 6) is 4.95. The number of ketones is 1. The molecule has 0 amide bonds. The number of nitrogens with zero attached hydrogens (tertiary/aromatic N) is 1. The van der Waals surface area contributed by atoms with Gasteiger partial charge in [0.2, 0.25) is 5.89 Å². The van der Waals surface area contributed by atoms with Gasteiger partial charge >= 0.3 is 0 Å². The van der Waals surface area contributed by atoms with Crippen molar-refractivity contribution in [3.8, 4) is 0 Å². The molecular formula is C25H37NO3. The number of oxazole rings is 1. The summed E-state index contributed by atoms with van der Waals surface area (Å²) in [5, 5.41) is 10.9. The van der Waals surface area contributed by atoms with Gasteiger partial charge in [-0.2, -0.15) is 0 Å². The van der Waals surface area contributed by atoms with Gasteiger partial charge in [0, 0.05) is 5.92 Å². The first-order valence-corrected chi connectivity index (χ1v) is 12.1. The van der Waals surface area contributed by atoms with Gasteiger partial charge in [0.15, 0.2) is 0 Å². The minimum Gasteiger partial charge on any atom is -0.449 e. The number of hydrogen-bond donors (Lipinski definition) is 1. The fourth-order valence-corrected chi connectivity index (χ4v) is 8.43. The highest BCUT2D eigenvalue weighted by Gasteiger charge is 2.58. The van der Waals surface area contributed by atoms with Crippen molar-refractivity contribution in [3.05, 3.63) is 18.4 Å². The molecular weight excluding hydrogens is 362 g/mol. The number of carbonyl (C=O) groups excluding carboxylic acids is 1. The van der Waals surface area contributed by atoms with Crippen LogP contribution in [0.4, 0.5) is 0 Å². The molecule has 1 N–H and O–H groups in total. The van der Waals surface area contributed by atoms with Gasteiger partial charge in [0.05, 0.1) is 18.2 Å². The van der Waals surface area contributed by atoms with Gasteiger partial charge in [-0.1, -0.05) is 13.8 Å². The molecule has 4 saturated carbocycles. The third-order valence-corrected chi connectivity index (χ3v) is 9.96. The van der Waals surface area contributed by atoms with E-state index in [4.69, 9.17) is 4.42 Å². The molecule has 5 rings (SSSR count). The molecule has 4 fully saturated rings. The molecule has 0 saturated heterocycles. The molecule has 0 bridgehead atoms. The van der Waals surface area contributed by atoms with E-state index >= 15 is 0 Å². The maximum absolute atomic E-state index is 13.1. The van der Waals surface area contributed by atoms with Gasteiger partial charge < -0.3 is 9.52 Å². The van der Waals surface area contributed by atoms with Crippen LogP contribution >= 0.6 is 0 Å². The lowest BCUT2D eigenvalue weighted by Gasteiger charge is -2.57. The van der Waals surface area contributed by atoms with E-state index in [1.54, 1.807) is 12.5 Å². The summed E-state index contributed by atoms with van der Waals surface area (Å²) in [5.41, 5.74) is -0.238. The zero-order valence-electron chi connectivity index (χ0n) is 18.1. The Labute approximate surface area is 174 Å². The van der Waals surface area contributed by atoms with Crippen molar-refractivity contribution >= 4 is 5.78 Å². The first kappa shape index (κ1) is 19.8. The van der Waals surface area contributed by atoms with Gasteiger partial charge in [-0.05, 0) is 99.2 Å². The summed E-state index contributed by atoms with van der Waals surface area (Å²) < 4.78 is 5.35. The maximum atomic E-state index is 13.1. The minimum atomic E-state index is -0.401. The molecule has 4 aliphatic carbocycles. The Hall–Kier alpha value is -1.16. The molecule has 1 heterocycles. The standard InChI is InChI=1S/C25H37NO3/c1-3-25(28)11-9-17-16(15-25)4-5-19-18(17)8-10-24(2)20(19)6-7-21(24)22(27)14-23-26-12-13-29-23/h12-13,16-21,28H,3-11,14-15H2,1-2H3/t16-,17+,18-,19-,20+,21-,24+,25-/m1/s1. The molecule has 0 spiro atoms. The van der Waals surface area contributed by atoms with Crippen LogP contribution in [0.15, 0.2) is 16.9 Å².